The Kier molecular flexibility index (Phi) is 6.09. The van der Waals surface area contributed by atoms with Crippen LogP contribution < -0.4 is 0 Å². The molecule has 2 fully saturated rings. The first kappa shape index (κ1) is 17.5. The number of nitrogens with zero attached hydrogens (tertiary/aromatic N) is 3. The predicted octanol–water partition coefficient (Wildman–Crippen LogP) is 2.41. The van der Waals surface area contributed by atoms with Gasteiger partial charge in [0, 0.05) is 45.3 Å². The lowest BCUT2D eigenvalue weighted by Crippen LogP contribution is -2.54. The predicted molar refractivity (Wildman–Crippen MR) is 89.1 cm³/mol. The van der Waals surface area contributed by atoms with Crippen molar-refractivity contribution in [3.63, 3.8) is 0 Å². The Balaban J connectivity index is 1.72. The van der Waals surface area contributed by atoms with Gasteiger partial charge in [-0.1, -0.05) is 6.92 Å². The van der Waals surface area contributed by atoms with Crippen molar-refractivity contribution in [3.05, 3.63) is 0 Å². The number of piperidine rings is 1. The van der Waals surface area contributed by atoms with E-state index in [2.05, 4.69) is 16.7 Å². The molecule has 0 aromatic heterocycles. The molecule has 2 aliphatic rings. The minimum absolute atomic E-state index is 0.154. The Morgan fingerprint density at radius 2 is 1.64 bits per heavy atom. The topological polar surface area (TPSA) is 36.0 Å². The summed E-state index contributed by atoms with van der Waals surface area (Å²) in [5, 5.41) is 0. The van der Waals surface area contributed by atoms with E-state index in [1.54, 1.807) is 0 Å². The standard InChI is InChI=1S/C17H33N3O2/c1-5-8-18-11-13-19(14-12-18)15-6-9-20(10-7-15)16(21)22-17(2,3)4/h15H,5-14H2,1-4H3. The molecule has 0 unspecified atom stereocenters. The zero-order valence-corrected chi connectivity index (χ0v) is 14.8. The van der Waals surface area contributed by atoms with E-state index >= 15 is 0 Å². The van der Waals surface area contributed by atoms with Gasteiger partial charge in [0.2, 0.25) is 0 Å². The minimum atomic E-state index is -0.399. The van der Waals surface area contributed by atoms with Crippen molar-refractivity contribution in [1.82, 2.24) is 14.7 Å². The molecule has 1 amide bonds. The van der Waals surface area contributed by atoms with Crippen LogP contribution >= 0.6 is 0 Å². The smallest absolute Gasteiger partial charge is 0.410 e. The molecule has 2 heterocycles. The summed E-state index contributed by atoms with van der Waals surface area (Å²) >= 11 is 0. The minimum Gasteiger partial charge on any atom is -0.444 e. The first-order valence-electron chi connectivity index (χ1n) is 8.83. The van der Waals surface area contributed by atoms with Gasteiger partial charge in [-0.2, -0.15) is 0 Å². The van der Waals surface area contributed by atoms with E-state index in [1.807, 2.05) is 25.7 Å². The number of likely N-dealkylation sites (tertiary alicyclic amines) is 1. The summed E-state index contributed by atoms with van der Waals surface area (Å²) in [5.74, 6) is 0. The Hall–Kier alpha value is -0.810. The molecule has 128 valence electrons. The van der Waals surface area contributed by atoms with Gasteiger partial charge in [-0.25, -0.2) is 4.79 Å². The number of piperazine rings is 1. The molecule has 0 spiro atoms. The van der Waals surface area contributed by atoms with Gasteiger partial charge in [-0.05, 0) is 46.6 Å². The van der Waals surface area contributed by atoms with Crippen LogP contribution in [0.15, 0.2) is 0 Å². The van der Waals surface area contributed by atoms with Gasteiger partial charge < -0.3 is 14.5 Å². The first-order valence-corrected chi connectivity index (χ1v) is 8.83. The lowest BCUT2D eigenvalue weighted by atomic mass is 10.0. The van der Waals surface area contributed by atoms with E-state index in [0.29, 0.717) is 6.04 Å². The molecule has 2 aliphatic heterocycles. The fourth-order valence-electron chi connectivity index (χ4n) is 3.41. The molecule has 5 nitrogen and oxygen atoms in total. The Bertz CT molecular complexity index is 351. The molecule has 0 bridgehead atoms. The molecular weight excluding hydrogens is 278 g/mol. The van der Waals surface area contributed by atoms with Gasteiger partial charge in [0.05, 0.1) is 0 Å². The van der Waals surface area contributed by atoms with Crippen LogP contribution in [0.25, 0.3) is 0 Å². The number of hydrogen-bond donors (Lipinski definition) is 0. The first-order chi connectivity index (χ1) is 10.4. The fraction of sp³-hybridized carbons (Fsp3) is 0.941. The van der Waals surface area contributed by atoms with Crippen LogP contribution in [-0.2, 0) is 4.74 Å². The molecule has 0 N–H and O–H groups in total. The highest BCUT2D eigenvalue weighted by Gasteiger charge is 2.30. The Labute approximate surface area is 135 Å². The molecule has 2 rings (SSSR count). The highest BCUT2D eigenvalue weighted by atomic mass is 16.6. The fourth-order valence-corrected chi connectivity index (χ4v) is 3.41. The summed E-state index contributed by atoms with van der Waals surface area (Å²) in [6, 6.07) is 0.641. The third-order valence-corrected chi connectivity index (χ3v) is 4.58. The maximum atomic E-state index is 12.1. The van der Waals surface area contributed by atoms with Gasteiger partial charge in [-0.15, -0.1) is 0 Å². The van der Waals surface area contributed by atoms with E-state index in [-0.39, 0.29) is 6.09 Å². The number of carbonyl (C=O) groups is 1. The summed E-state index contributed by atoms with van der Waals surface area (Å²) in [7, 11) is 0. The van der Waals surface area contributed by atoms with Crippen molar-refractivity contribution < 1.29 is 9.53 Å². The van der Waals surface area contributed by atoms with Crippen molar-refractivity contribution in [3.8, 4) is 0 Å². The summed E-state index contributed by atoms with van der Waals surface area (Å²) in [6.45, 7) is 15.6. The molecule has 0 aliphatic carbocycles. The second-order valence-electron chi connectivity index (χ2n) is 7.58. The maximum absolute atomic E-state index is 12.1. The van der Waals surface area contributed by atoms with Crippen molar-refractivity contribution in [1.29, 1.82) is 0 Å². The molecule has 22 heavy (non-hydrogen) atoms. The van der Waals surface area contributed by atoms with Crippen LogP contribution in [0.4, 0.5) is 4.79 Å². The van der Waals surface area contributed by atoms with Gasteiger partial charge in [0.15, 0.2) is 0 Å². The largest absolute Gasteiger partial charge is 0.444 e. The van der Waals surface area contributed by atoms with Crippen molar-refractivity contribution >= 4 is 6.09 Å². The zero-order valence-electron chi connectivity index (χ0n) is 14.8. The third-order valence-electron chi connectivity index (χ3n) is 4.58. The van der Waals surface area contributed by atoms with Crippen LogP contribution in [0.1, 0.15) is 47.0 Å². The summed E-state index contributed by atoms with van der Waals surface area (Å²) < 4.78 is 5.47. The Morgan fingerprint density at radius 1 is 1.05 bits per heavy atom. The monoisotopic (exact) mass is 311 g/mol. The molecule has 2 saturated heterocycles. The summed E-state index contributed by atoms with van der Waals surface area (Å²) in [6.07, 6.45) is 3.24. The zero-order chi connectivity index (χ0) is 16.2. The van der Waals surface area contributed by atoms with E-state index in [4.69, 9.17) is 4.74 Å². The molecule has 0 aromatic carbocycles. The highest BCUT2D eigenvalue weighted by molar-refractivity contribution is 5.68. The van der Waals surface area contributed by atoms with E-state index in [9.17, 15) is 4.79 Å². The lowest BCUT2D eigenvalue weighted by molar-refractivity contribution is 0.0100. The summed E-state index contributed by atoms with van der Waals surface area (Å²) in [5.41, 5.74) is -0.399. The number of amides is 1. The van der Waals surface area contributed by atoms with Crippen molar-refractivity contribution in [2.75, 3.05) is 45.8 Å². The van der Waals surface area contributed by atoms with Gasteiger partial charge in [0.1, 0.15) is 5.60 Å². The number of carbonyl (C=O) groups excluding carboxylic acids is 1. The van der Waals surface area contributed by atoms with Crippen LogP contribution in [-0.4, -0.2) is 78.2 Å². The number of ether oxygens (including phenoxy) is 1. The normalized spacial score (nSPS) is 22.8. The number of hydrogen-bond acceptors (Lipinski definition) is 4. The molecule has 0 radical (unpaired) electrons. The molecule has 0 atom stereocenters. The maximum Gasteiger partial charge on any atom is 0.410 e. The van der Waals surface area contributed by atoms with Crippen molar-refractivity contribution in [2.24, 2.45) is 0 Å². The van der Waals surface area contributed by atoms with Gasteiger partial charge in [-0.3, -0.25) is 4.90 Å². The quantitative estimate of drug-likeness (QED) is 0.802. The highest BCUT2D eigenvalue weighted by Crippen LogP contribution is 2.20. The van der Waals surface area contributed by atoms with Crippen LogP contribution in [0.3, 0.4) is 0 Å². The number of rotatable bonds is 3. The SMILES string of the molecule is CCCN1CCN(C2CCN(C(=O)OC(C)(C)C)CC2)CC1. The van der Waals surface area contributed by atoms with Crippen LogP contribution in [0.2, 0.25) is 0 Å². The van der Waals surface area contributed by atoms with Gasteiger partial charge in [0.25, 0.3) is 0 Å². The van der Waals surface area contributed by atoms with E-state index in [1.165, 1.54) is 39.1 Å². The van der Waals surface area contributed by atoms with Gasteiger partial charge >= 0.3 is 6.09 Å². The average molecular weight is 311 g/mol. The Morgan fingerprint density at radius 3 is 2.14 bits per heavy atom. The molecule has 0 saturated carbocycles. The van der Waals surface area contributed by atoms with E-state index in [0.717, 1.165) is 25.9 Å². The second kappa shape index (κ2) is 7.64. The summed E-state index contributed by atoms with van der Waals surface area (Å²) in [4.78, 5) is 19.2. The lowest BCUT2D eigenvalue weighted by Gasteiger charge is -2.42. The van der Waals surface area contributed by atoms with Crippen molar-refractivity contribution in [2.45, 2.75) is 58.6 Å². The average Bonchev–Trinajstić information content (AvgIpc) is 2.47. The molecular formula is C17H33N3O2. The van der Waals surface area contributed by atoms with E-state index < -0.39 is 5.60 Å². The molecule has 5 heteroatoms. The second-order valence-corrected chi connectivity index (χ2v) is 7.58. The molecule has 0 aromatic rings. The third kappa shape index (κ3) is 5.13. The van der Waals surface area contributed by atoms with Crippen LogP contribution in [0, 0.1) is 0 Å². The van der Waals surface area contributed by atoms with Crippen LogP contribution in [0.5, 0.6) is 0 Å².